The van der Waals surface area contributed by atoms with E-state index in [-0.39, 0.29) is 0 Å². The van der Waals surface area contributed by atoms with E-state index in [9.17, 15) is 0 Å². The minimum absolute atomic E-state index is 0.452. The van der Waals surface area contributed by atoms with E-state index in [0.29, 0.717) is 6.04 Å². The van der Waals surface area contributed by atoms with Crippen molar-refractivity contribution in [1.82, 2.24) is 9.97 Å². The van der Waals surface area contributed by atoms with Crippen LogP contribution in [0.25, 0.3) is 0 Å². The zero-order chi connectivity index (χ0) is 12.1. The molecule has 1 N–H and O–H groups in total. The Morgan fingerprint density at radius 2 is 2.00 bits per heavy atom. The van der Waals surface area contributed by atoms with E-state index in [1.807, 2.05) is 0 Å². The predicted octanol–water partition coefficient (Wildman–Crippen LogP) is 2.45. The Kier molecular flexibility index (Phi) is 4.52. The standard InChI is InChI=1S/C12H22N4/c1-6-13-11-10(5)12(15-8-14-11)16(7-2)9(3)4/h8-9H,6-7H2,1-5H3,(H,13,14,15). The van der Waals surface area contributed by atoms with Gasteiger partial charge in [-0.15, -0.1) is 0 Å². The fraction of sp³-hybridized carbons (Fsp3) is 0.667. The van der Waals surface area contributed by atoms with E-state index in [1.54, 1.807) is 6.33 Å². The van der Waals surface area contributed by atoms with Crippen LogP contribution in [0.1, 0.15) is 33.3 Å². The van der Waals surface area contributed by atoms with Crippen LogP contribution in [0.2, 0.25) is 0 Å². The van der Waals surface area contributed by atoms with Crippen molar-refractivity contribution in [3.63, 3.8) is 0 Å². The van der Waals surface area contributed by atoms with Crippen molar-refractivity contribution >= 4 is 11.6 Å². The largest absolute Gasteiger partial charge is 0.370 e. The molecule has 0 atom stereocenters. The van der Waals surface area contributed by atoms with E-state index in [0.717, 1.165) is 30.3 Å². The molecule has 0 fully saturated rings. The average Bonchev–Trinajstić information content (AvgIpc) is 2.24. The highest BCUT2D eigenvalue weighted by molar-refractivity contribution is 5.58. The summed E-state index contributed by atoms with van der Waals surface area (Å²) < 4.78 is 0. The number of rotatable bonds is 5. The maximum Gasteiger partial charge on any atom is 0.137 e. The van der Waals surface area contributed by atoms with Crippen molar-refractivity contribution < 1.29 is 0 Å². The summed E-state index contributed by atoms with van der Waals surface area (Å²) in [4.78, 5) is 10.9. The van der Waals surface area contributed by atoms with Crippen molar-refractivity contribution in [2.24, 2.45) is 0 Å². The molecule has 4 nitrogen and oxygen atoms in total. The van der Waals surface area contributed by atoms with Crippen LogP contribution in [0, 0.1) is 6.92 Å². The van der Waals surface area contributed by atoms with Gasteiger partial charge in [-0.05, 0) is 34.6 Å². The van der Waals surface area contributed by atoms with Gasteiger partial charge in [0.15, 0.2) is 0 Å². The van der Waals surface area contributed by atoms with Crippen LogP contribution in [-0.2, 0) is 0 Å². The molecule has 0 bridgehead atoms. The maximum atomic E-state index is 4.39. The summed E-state index contributed by atoms with van der Waals surface area (Å²) in [5.74, 6) is 1.97. The Morgan fingerprint density at radius 1 is 1.31 bits per heavy atom. The Morgan fingerprint density at radius 3 is 2.50 bits per heavy atom. The number of anilines is 2. The first-order valence-corrected chi connectivity index (χ1v) is 5.93. The number of aromatic nitrogens is 2. The van der Waals surface area contributed by atoms with Gasteiger partial charge in [0.1, 0.15) is 18.0 Å². The zero-order valence-electron chi connectivity index (χ0n) is 10.9. The molecular weight excluding hydrogens is 200 g/mol. The summed E-state index contributed by atoms with van der Waals surface area (Å²) in [6.07, 6.45) is 1.63. The van der Waals surface area contributed by atoms with Gasteiger partial charge in [0, 0.05) is 24.7 Å². The first-order chi connectivity index (χ1) is 7.61. The van der Waals surface area contributed by atoms with Gasteiger partial charge in [0.05, 0.1) is 0 Å². The molecule has 90 valence electrons. The smallest absolute Gasteiger partial charge is 0.137 e. The third-order valence-corrected chi connectivity index (χ3v) is 2.64. The molecule has 0 aliphatic heterocycles. The third kappa shape index (κ3) is 2.62. The van der Waals surface area contributed by atoms with Crippen LogP contribution in [-0.4, -0.2) is 29.1 Å². The summed E-state index contributed by atoms with van der Waals surface area (Å²) in [5.41, 5.74) is 1.12. The lowest BCUT2D eigenvalue weighted by molar-refractivity contribution is 0.689. The Bertz CT molecular complexity index is 336. The van der Waals surface area contributed by atoms with Crippen LogP contribution in [0.5, 0.6) is 0 Å². The van der Waals surface area contributed by atoms with Crippen LogP contribution in [0.4, 0.5) is 11.6 Å². The van der Waals surface area contributed by atoms with Gasteiger partial charge in [-0.2, -0.15) is 0 Å². The fourth-order valence-corrected chi connectivity index (χ4v) is 1.84. The van der Waals surface area contributed by atoms with E-state index in [2.05, 4.69) is 54.8 Å². The minimum Gasteiger partial charge on any atom is -0.370 e. The second kappa shape index (κ2) is 5.68. The molecular formula is C12H22N4. The van der Waals surface area contributed by atoms with Crippen LogP contribution in [0.15, 0.2) is 6.33 Å². The molecule has 0 saturated carbocycles. The molecule has 0 amide bonds. The van der Waals surface area contributed by atoms with E-state index >= 15 is 0 Å². The number of hydrogen-bond donors (Lipinski definition) is 1. The highest BCUT2D eigenvalue weighted by Gasteiger charge is 2.14. The molecule has 1 rings (SSSR count). The van der Waals surface area contributed by atoms with Crippen LogP contribution in [0.3, 0.4) is 0 Å². The van der Waals surface area contributed by atoms with Crippen molar-refractivity contribution in [2.45, 2.75) is 40.7 Å². The topological polar surface area (TPSA) is 41.1 Å². The predicted molar refractivity (Wildman–Crippen MR) is 69.1 cm³/mol. The summed E-state index contributed by atoms with van der Waals surface area (Å²) in [5, 5.41) is 3.26. The lowest BCUT2D eigenvalue weighted by Crippen LogP contribution is -2.32. The summed E-state index contributed by atoms with van der Waals surface area (Å²) >= 11 is 0. The van der Waals surface area contributed by atoms with Gasteiger partial charge in [-0.25, -0.2) is 9.97 Å². The molecule has 0 saturated heterocycles. The van der Waals surface area contributed by atoms with E-state index in [4.69, 9.17) is 0 Å². The molecule has 1 heterocycles. The van der Waals surface area contributed by atoms with Crippen molar-refractivity contribution in [3.05, 3.63) is 11.9 Å². The second-order valence-electron chi connectivity index (χ2n) is 4.08. The zero-order valence-corrected chi connectivity index (χ0v) is 10.9. The highest BCUT2D eigenvalue weighted by atomic mass is 15.2. The molecule has 0 aliphatic rings. The Balaban J connectivity index is 3.08. The Hall–Kier alpha value is -1.32. The first kappa shape index (κ1) is 12.7. The summed E-state index contributed by atoms with van der Waals surface area (Å²) in [7, 11) is 0. The first-order valence-electron chi connectivity index (χ1n) is 5.93. The summed E-state index contributed by atoms with van der Waals surface area (Å²) in [6, 6.07) is 0.452. The van der Waals surface area contributed by atoms with Gasteiger partial charge >= 0.3 is 0 Å². The van der Waals surface area contributed by atoms with Crippen molar-refractivity contribution in [3.8, 4) is 0 Å². The molecule has 0 radical (unpaired) electrons. The SMILES string of the molecule is CCNc1ncnc(N(CC)C(C)C)c1C. The number of nitrogens with zero attached hydrogens (tertiary/aromatic N) is 3. The molecule has 1 aromatic heterocycles. The summed E-state index contributed by atoms with van der Waals surface area (Å²) in [6.45, 7) is 12.5. The monoisotopic (exact) mass is 222 g/mol. The molecule has 0 aliphatic carbocycles. The molecule has 0 unspecified atom stereocenters. The molecule has 0 spiro atoms. The molecule has 4 heteroatoms. The molecule has 1 aromatic rings. The lowest BCUT2D eigenvalue weighted by Gasteiger charge is -2.28. The average molecular weight is 222 g/mol. The quantitative estimate of drug-likeness (QED) is 0.831. The van der Waals surface area contributed by atoms with Crippen LogP contribution < -0.4 is 10.2 Å². The van der Waals surface area contributed by atoms with E-state index < -0.39 is 0 Å². The van der Waals surface area contributed by atoms with Gasteiger partial charge in [0.2, 0.25) is 0 Å². The van der Waals surface area contributed by atoms with E-state index in [1.165, 1.54) is 0 Å². The molecule has 0 aromatic carbocycles. The van der Waals surface area contributed by atoms with Gasteiger partial charge in [0.25, 0.3) is 0 Å². The molecule has 16 heavy (non-hydrogen) atoms. The van der Waals surface area contributed by atoms with Crippen molar-refractivity contribution in [1.29, 1.82) is 0 Å². The Labute approximate surface area is 98.1 Å². The highest BCUT2D eigenvalue weighted by Crippen LogP contribution is 2.23. The van der Waals surface area contributed by atoms with Gasteiger partial charge < -0.3 is 10.2 Å². The second-order valence-corrected chi connectivity index (χ2v) is 4.08. The number of hydrogen-bond acceptors (Lipinski definition) is 4. The fourth-order valence-electron chi connectivity index (χ4n) is 1.84. The van der Waals surface area contributed by atoms with Crippen LogP contribution >= 0.6 is 0 Å². The lowest BCUT2D eigenvalue weighted by atomic mass is 10.2. The van der Waals surface area contributed by atoms with Crippen molar-refractivity contribution in [2.75, 3.05) is 23.3 Å². The van der Waals surface area contributed by atoms with Gasteiger partial charge in [-0.3, -0.25) is 0 Å². The van der Waals surface area contributed by atoms with Gasteiger partial charge in [-0.1, -0.05) is 0 Å². The third-order valence-electron chi connectivity index (χ3n) is 2.64. The number of nitrogens with one attached hydrogen (secondary N) is 1. The minimum atomic E-state index is 0.452. The maximum absolute atomic E-state index is 4.39. The normalized spacial score (nSPS) is 10.6.